The van der Waals surface area contributed by atoms with Crippen molar-refractivity contribution in [1.82, 2.24) is 23.6 Å². The molecule has 1 aliphatic heterocycles. The molecule has 136 valence electrons. The Kier molecular flexibility index (Phi) is 4.49. The molecule has 1 fully saturated rings. The SMILES string of the molecule is C[C@@H]1CCC[C@@H](C)N1C(=O)Cn1c(Cl)nc2c1c(=O)n(C)c(=O)n2C. The second-order valence-corrected chi connectivity index (χ2v) is 7.11. The van der Waals surface area contributed by atoms with Crippen molar-refractivity contribution in [3.8, 4) is 0 Å². The van der Waals surface area contributed by atoms with E-state index in [1.165, 1.54) is 23.2 Å². The normalized spacial score (nSPS) is 21.1. The van der Waals surface area contributed by atoms with E-state index in [4.69, 9.17) is 11.6 Å². The predicted octanol–water partition coefficient (Wildman–Crippen LogP) is 0.877. The van der Waals surface area contributed by atoms with Gasteiger partial charge in [-0.3, -0.25) is 23.3 Å². The van der Waals surface area contributed by atoms with Gasteiger partial charge in [0, 0.05) is 26.2 Å². The number of rotatable bonds is 2. The van der Waals surface area contributed by atoms with E-state index in [0.717, 1.165) is 23.8 Å². The molecule has 1 saturated heterocycles. The van der Waals surface area contributed by atoms with Gasteiger partial charge < -0.3 is 4.90 Å². The molecule has 2 atom stereocenters. The highest BCUT2D eigenvalue weighted by molar-refractivity contribution is 6.29. The van der Waals surface area contributed by atoms with Gasteiger partial charge in [0.2, 0.25) is 11.2 Å². The van der Waals surface area contributed by atoms with Crippen molar-refractivity contribution in [1.29, 1.82) is 0 Å². The fourth-order valence-electron chi connectivity index (χ4n) is 3.69. The second-order valence-electron chi connectivity index (χ2n) is 6.77. The van der Waals surface area contributed by atoms with Crippen LogP contribution in [0.4, 0.5) is 0 Å². The van der Waals surface area contributed by atoms with E-state index in [1.807, 2.05) is 18.7 Å². The first-order valence-electron chi connectivity index (χ1n) is 8.37. The lowest BCUT2D eigenvalue weighted by Gasteiger charge is -2.39. The van der Waals surface area contributed by atoms with E-state index >= 15 is 0 Å². The summed E-state index contributed by atoms with van der Waals surface area (Å²) in [6.45, 7) is 3.99. The Morgan fingerprint density at radius 1 is 1.16 bits per heavy atom. The maximum Gasteiger partial charge on any atom is 0.332 e. The Morgan fingerprint density at radius 3 is 2.36 bits per heavy atom. The molecule has 0 unspecified atom stereocenters. The minimum absolute atomic E-state index is 0.0268. The van der Waals surface area contributed by atoms with Crippen LogP contribution in [0.3, 0.4) is 0 Å². The molecule has 0 aromatic carbocycles. The number of imidazole rings is 1. The fraction of sp³-hybridized carbons (Fsp3) is 0.625. The lowest BCUT2D eigenvalue weighted by atomic mass is 9.97. The number of hydrogen-bond donors (Lipinski definition) is 0. The lowest BCUT2D eigenvalue weighted by Crippen LogP contribution is -2.48. The molecule has 3 rings (SSSR count). The smallest absolute Gasteiger partial charge is 0.332 e. The zero-order chi connectivity index (χ0) is 18.5. The number of amides is 1. The number of carbonyl (C=O) groups excluding carboxylic acids is 1. The summed E-state index contributed by atoms with van der Waals surface area (Å²) in [4.78, 5) is 43.4. The Balaban J connectivity index is 2.08. The molecule has 9 heteroatoms. The van der Waals surface area contributed by atoms with Gasteiger partial charge in [0.25, 0.3) is 5.56 Å². The number of halogens is 1. The number of piperidine rings is 1. The minimum Gasteiger partial charge on any atom is -0.336 e. The Bertz CT molecular complexity index is 947. The van der Waals surface area contributed by atoms with Gasteiger partial charge in [-0.2, -0.15) is 4.98 Å². The highest BCUT2D eigenvalue weighted by Gasteiger charge is 2.30. The molecule has 8 nitrogen and oxygen atoms in total. The fourth-order valence-corrected chi connectivity index (χ4v) is 3.92. The number of aromatic nitrogens is 4. The number of hydrogen-bond acceptors (Lipinski definition) is 4. The van der Waals surface area contributed by atoms with Crippen molar-refractivity contribution < 1.29 is 4.79 Å². The first kappa shape index (κ1) is 17.7. The van der Waals surface area contributed by atoms with E-state index in [1.54, 1.807) is 0 Å². The first-order valence-corrected chi connectivity index (χ1v) is 8.74. The zero-order valence-corrected chi connectivity index (χ0v) is 15.6. The predicted molar refractivity (Wildman–Crippen MR) is 94.8 cm³/mol. The van der Waals surface area contributed by atoms with Crippen molar-refractivity contribution in [2.75, 3.05) is 0 Å². The van der Waals surface area contributed by atoms with Crippen LogP contribution in [0, 0.1) is 0 Å². The zero-order valence-electron chi connectivity index (χ0n) is 14.8. The number of fused-ring (bicyclic) bond motifs is 1. The van der Waals surface area contributed by atoms with Crippen LogP contribution in [0.1, 0.15) is 33.1 Å². The van der Waals surface area contributed by atoms with E-state index in [-0.39, 0.29) is 41.0 Å². The van der Waals surface area contributed by atoms with E-state index in [0.29, 0.717) is 0 Å². The van der Waals surface area contributed by atoms with E-state index < -0.39 is 11.2 Å². The summed E-state index contributed by atoms with van der Waals surface area (Å²) in [6.07, 6.45) is 3.03. The van der Waals surface area contributed by atoms with Gasteiger partial charge in [-0.15, -0.1) is 0 Å². The Labute approximate surface area is 149 Å². The molecule has 2 aromatic heterocycles. The van der Waals surface area contributed by atoms with Crippen molar-refractivity contribution in [3.05, 3.63) is 26.1 Å². The van der Waals surface area contributed by atoms with Crippen LogP contribution >= 0.6 is 11.6 Å². The maximum absolute atomic E-state index is 12.9. The average Bonchev–Trinajstić information content (AvgIpc) is 2.87. The molecule has 0 spiro atoms. The third-order valence-corrected chi connectivity index (χ3v) is 5.36. The van der Waals surface area contributed by atoms with Crippen molar-refractivity contribution in [3.63, 3.8) is 0 Å². The molecule has 0 bridgehead atoms. The molecular weight excluding hydrogens is 346 g/mol. The van der Waals surface area contributed by atoms with Crippen molar-refractivity contribution in [2.24, 2.45) is 14.1 Å². The summed E-state index contributed by atoms with van der Waals surface area (Å²) >= 11 is 6.19. The Morgan fingerprint density at radius 2 is 1.76 bits per heavy atom. The number of aryl methyl sites for hydroxylation is 1. The van der Waals surface area contributed by atoms with Gasteiger partial charge >= 0.3 is 5.69 Å². The standard InChI is InChI=1S/C16H22ClN5O3/c1-9-6-5-7-10(2)22(9)11(23)8-21-12-13(18-15(21)17)19(3)16(25)20(4)14(12)24/h9-10H,5-8H2,1-4H3/t9-,10-/m1/s1. The summed E-state index contributed by atoms with van der Waals surface area (Å²) in [7, 11) is 2.92. The first-order chi connectivity index (χ1) is 11.7. The van der Waals surface area contributed by atoms with Crippen LogP contribution in [0.2, 0.25) is 5.28 Å². The van der Waals surface area contributed by atoms with E-state index in [2.05, 4.69) is 4.98 Å². The van der Waals surface area contributed by atoms with Gasteiger partial charge in [0.05, 0.1) is 0 Å². The lowest BCUT2D eigenvalue weighted by molar-refractivity contribution is -0.137. The summed E-state index contributed by atoms with van der Waals surface area (Å²) < 4.78 is 3.65. The molecule has 1 aliphatic rings. The van der Waals surface area contributed by atoms with E-state index in [9.17, 15) is 14.4 Å². The van der Waals surface area contributed by atoms with Crippen molar-refractivity contribution >= 4 is 28.7 Å². The van der Waals surface area contributed by atoms with Gasteiger partial charge in [-0.25, -0.2) is 4.79 Å². The highest BCUT2D eigenvalue weighted by Crippen LogP contribution is 2.24. The van der Waals surface area contributed by atoms with Crippen LogP contribution in [0.15, 0.2) is 9.59 Å². The number of nitrogens with zero attached hydrogens (tertiary/aromatic N) is 5. The third kappa shape index (κ3) is 2.78. The van der Waals surface area contributed by atoms with Gasteiger partial charge in [-0.1, -0.05) is 0 Å². The van der Waals surface area contributed by atoms with Crippen LogP contribution in [-0.4, -0.2) is 41.6 Å². The van der Waals surface area contributed by atoms with Crippen molar-refractivity contribution in [2.45, 2.75) is 51.7 Å². The van der Waals surface area contributed by atoms with Crippen LogP contribution < -0.4 is 11.2 Å². The topological polar surface area (TPSA) is 82.1 Å². The summed E-state index contributed by atoms with van der Waals surface area (Å²) in [6, 6.07) is 0.300. The van der Waals surface area contributed by atoms with Crippen LogP contribution in [-0.2, 0) is 25.4 Å². The summed E-state index contributed by atoms with van der Waals surface area (Å²) in [5.41, 5.74) is -0.639. The molecule has 1 amide bonds. The second kappa shape index (κ2) is 6.33. The number of carbonyl (C=O) groups is 1. The maximum atomic E-state index is 12.9. The van der Waals surface area contributed by atoms with Gasteiger partial charge in [0.15, 0.2) is 11.2 Å². The number of likely N-dealkylation sites (tertiary alicyclic amines) is 1. The molecular formula is C16H22ClN5O3. The Hall–Kier alpha value is -2.09. The third-order valence-electron chi connectivity index (χ3n) is 5.08. The molecule has 2 aromatic rings. The summed E-state index contributed by atoms with van der Waals surface area (Å²) in [5.74, 6) is -0.100. The molecule has 0 radical (unpaired) electrons. The molecule has 0 N–H and O–H groups in total. The molecule has 3 heterocycles. The molecule has 25 heavy (non-hydrogen) atoms. The van der Waals surface area contributed by atoms with Crippen LogP contribution in [0.25, 0.3) is 11.2 Å². The minimum atomic E-state index is -0.509. The monoisotopic (exact) mass is 367 g/mol. The quantitative estimate of drug-likeness (QED) is 0.738. The largest absolute Gasteiger partial charge is 0.336 e. The highest BCUT2D eigenvalue weighted by atomic mass is 35.5. The average molecular weight is 368 g/mol. The molecule has 0 saturated carbocycles. The van der Waals surface area contributed by atoms with Gasteiger partial charge in [0.1, 0.15) is 6.54 Å². The summed E-state index contributed by atoms with van der Waals surface area (Å²) in [5, 5.41) is 0.0268. The molecule has 0 aliphatic carbocycles. The van der Waals surface area contributed by atoms with Crippen LogP contribution in [0.5, 0.6) is 0 Å². The van der Waals surface area contributed by atoms with Gasteiger partial charge in [-0.05, 0) is 44.7 Å².